The maximum Gasteiger partial charge on any atom is 0.505 e. The van der Waals surface area contributed by atoms with Gasteiger partial charge in [-0.25, -0.2) is 4.79 Å². The average molecular weight is 134 g/mol. The summed E-state index contributed by atoms with van der Waals surface area (Å²) >= 11 is 0. The molecular formula is C5H10O4. The topological polar surface area (TPSA) is 63.6 Å². The number of carbonyl (C=O) groups is 2. The highest BCUT2D eigenvalue weighted by Crippen LogP contribution is 1.60. The van der Waals surface area contributed by atoms with Gasteiger partial charge in [-0.3, -0.25) is 0 Å². The van der Waals surface area contributed by atoms with Gasteiger partial charge in [-0.1, -0.05) is 0 Å². The first-order valence-corrected chi connectivity index (χ1v) is 2.24. The Morgan fingerprint density at radius 1 is 1.33 bits per heavy atom. The van der Waals surface area contributed by atoms with E-state index in [9.17, 15) is 4.79 Å². The first kappa shape index (κ1) is 10.8. The predicted octanol–water partition coefficient (Wildman–Crippen LogP) is 0.906. The van der Waals surface area contributed by atoms with Crippen LogP contribution in [0.25, 0.3) is 0 Å². The highest BCUT2D eigenvalue weighted by atomic mass is 16.6. The maximum atomic E-state index is 9.44. The van der Waals surface area contributed by atoms with E-state index in [1.807, 2.05) is 0 Å². The molecule has 9 heavy (non-hydrogen) atoms. The molecule has 0 heterocycles. The van der Waals surface area contributed by atoms with Gasteiger partial charge in [0.2, 0.25) is 0 Å². The molecule has 1 N–H and O–H groups in total. The summed E-state index contributed by atoms with van der Waals surface area (Å²) in [5.74, 6) is 0.167. The van der Waals surface area contributed by atoms with Crippen LogP contribution >= 0.6 is 0 Å². The largest absolute Gasteiger partial charge is 0.505 e. The number of carbonyl (C=O) groups excluding carboxylic acids is 1. The van der Waals surface area contributed by atoms with Crippen LogP contribution in [0.1, 0.15) is 13.8 Å². The SMILES string of the molecule is CC(C)=O.COC(=O)O. The molecule has 0 saturated heterocycles. The highest BCUT2D eigenvalue weighted by Gasteiger charge is 1.80. The van der Waals surface area contributed by atoms with E-state index in [1.165, 1.54) is 13.8 Å². The van der Waals surface area contributed by atoms with Crippen LogP contribution in [-0.2, 0) is 9.53 Å². The van der Waals surface area contributed by atoms with Crippen LogP contribution in [0.2, 0.25) is 0 Å². The second-order valence-electron chi connectivity index (χ2n) is 1.38. The van der Waals surface area contributed by atoms with E-state index in [4.69, 9.17) is 9.90 Å². The van der Waals surface area contributed by atoms with E-state index in [1.54, 1.807) is 0 Å². The van der Waals surface area contributed by atoms with Crippen LogP contribution in [0.3, 0.4) is 0 Å². The lowest BCUT2D eigenvalue weighted by molar-refractivity contribution is -0.114. The van der Waals surface area contributed by atoms with E-state index in [-0.39, 0.29) is 5.78 Å². The monoisotopic (exact) mass is 134 g/mol. The van der Waals surface area contributed by atoms with Gasteiger partial charge in [-0.05, 0) is 13.8 Å². The standard InChI is InChI=1S/C3H6O.C2H4O3/c1-3(2)4;1-5-2(3)4/h1-2H3;1H3,(H,3,4). The normalized spacial score (nSPS) is 6.56. The summed E-state index contributed by atoms with van der Waals surface area (Å²) in [5, 5.41) is 7.50. The molecular weight excluding hydrogens is 124 g/mol. The van der Waals surface area contributed by atoms with Crippen molar-refractivity contribution < 1.29 is 19.4 Å². The number of hydrogen-bond acceptors (Lipinski definition) is 3. The van der Waals surface area contributed by atoms with Crippen molar-refractivity contribution in [2.45, 2.75) is 13.8 Å². The lowest BCUT2D eigenvalue weighted by atomic mass is 10.6. The van der Waals surface area contributed by atoms with Crippen molar-refractivity contribution in [3.8, 4) is 0 Å². The van der Waals surface area contributed by atoms with E-state index < -0.39 is 6.16 Å². The van der Waals surface area contributed by atoms with Crippen molar-refractivity contribution >= 4 is 11.9 Å². The maximum absolute atomic E-state index is 9.44. The van der Waals surface area contributed by atoms with Crippen LogP contribution in [0.4, 0.5) is 4.79 Å². The van der Waals surface area contributed by atoms with Crippen molar-refractivity contribution in [3.63, 3.8) is 0 Å². The fourth-order valence-corrected chi connectivity index (χ4v) is 0. The van der Waals surface area contributed by atoms with Crippen molar-refractivity contribution in [2.75, 3.05) is 7.11 Å². The third kappa shape index (κ3) is 192. The van der Waals surface area contributed by atoms with Gasteiger partial charge in [0.1, 0.15) is 5.78 Å². The zero-order valence-electron chi connectivity index (χ0n) is 5.67. The van der Waals surface area contributed by atoms with Gasteiger partial charge >= 0.3 is 6.16 Å². The summed E-state index contributed by atoms with van der Waals surface area (Å²) in [5.41, 5.74) is 0. The Balaban J connectivity index is 0. The number of hydrogen-bond donors (Lipinski definition) is 1. The van der Waals surface area contributed by atoms with Gasteiger partial charge in [0.15, 0.2) is 0 Å². The van der Waals surface area contributed by atoms with E-state index in [0.717, 1.165) is 7.11 Å². The Bertz CT molecular complexity index is 93.1. The number of methoxy groups -OCH3 is 1. The van der Waals surface area contributed by atoms with Crippen molar-refractivity contribution in [1.82, 2.24) is 0 Å². The summed E-state index contributed by atoms with van der Waals surface area (Å²) in [6.07, 6.45) is -1.25. The molecule has 0 aliphatic carbocycles. The Labute approximate surface area is 53.4 Å². The number of ether oxygens (including phenoxy) is 1. The molecule has 0 saturated carbocycles. The lowest BCUT2D eigenvalue weighted by Crippen LogP contribution is -1.91. The number of rotatable bonds is 0. The van der Waals surface area contributed by atoms with Gasteiger partial charge in [0, 0.05) is 0 Å². The van der Waals surface area contributed by atoms with Crippen molar-refractivity contribution in [3.05, 3.63) is 0 Å². The van der Waals surface area contributed by atoms with Gasteiger partial charge in [-0.2, -0.15) is 0 Å². The molecule has 0 radical (unpaired) electrons. The quantitative estimate of drug-likeness (QED) is 0.500. The average Bonchev–Trinajstić information content (AvgIpc) is 1.65. The molecule has 0 bridgehead atoms. The molecule has 0 aromatic rings. The Hall–Kier alpha value is -1.06. The van der Waals surface area contributed by atoms with Gasteiger partial charge < -0.3 is 14.6 Å². The Morgan fingerprint density at radius 3 is 1.44 bits per heavy atom. The Kier molecular flexibility index (Phi) is 8.36. The molecule has 0 aliphatic heterocycles. The first-order valence-electron chi connectivity index (χ1n) is 2.24. The number of Topliss-reactive ketones (excluding diaryl/α,β-unsaturated/α-hetero) is 1. The van der Waals surface area contributed by atoms with Crippen LogP contribution in [0, 0.1) is 0 Å². The summed E-state index contributed by atoms with van der Waals surface area (Å²) in [6.45, 7) is 3.06. The van der Waals surface area contributed by atoms with Gasteiger partial charge in [0.25, 0.3) is 0 Å². The minimum Gasteiger partial charge on any atom is -0.450 e. The summed E-state index contributed by atoms with van der Waals surface area (Å²) in [4.78, 5) is 18.6. The minimum atomic E-state index is -1.25. The highest BCUT2D eigenvalue weighted by molar-refractivity contribution is 5.72. The molecule has 0 aliphatic rings. The molecule has 0 spiro atoms. The predicted molar refractivity (Wildman–Crippen MR) is 31.4 cm³/mol. The summed E-state index contributed by atoms with van der Waals surface area (Å²) < 4.78 is 3.67. The molecule has 0 aromatic carbocycles. The zero-order valence-corrected chi connectivity index (χ0v) is 5.67. The second-order valence-corrected chi connectivity index (χ2v) is 1.38. The van der Waals surface area contributed by atoms with E-state index >= 15 is 0 Å². The molecule has 0 atom stereocenters. The van der Waals surface area contributed by atoms with Gasteiger partial charge in [0.05, 0.1) is 7.11 Å². The summed E-state index contributed by atoms with van der Waals surface area (Å²) in [7, 11) is 1.10. The number of ketones is 1. The Morgan fingerprint density at radius 2 is 1.44 bits per heavy atom. The molecule has 0 amide bonds. The fourth-order valence-electron chi connectivity index (χ4n) is 0. The third-order valence-corrected chi connectivity index (χ3v) is 0.175. The van der Waals surface area contributed by atoms with Crippen LogP contribution in [0.5, 0.6) is 0 Å². The molecule has 0 fully saturated rings. The molecule has 54 valence electrons. The summed E-state index contributed by atoms with van der Waals surface area (Å²) in [6, 6.07) is 0. The fraction of sp³-hybridized carbons (Fsp3) is 0.600. The van der Waals surface area contributed by atoms with Crippen molar-refractivity contribution in [1.29, 1.82) is 0 Å². The van der Waals surface area contributed by atoms with Crippen LogP contribution in [-0.4, -0.2) is 24.2 Å². The van der Waals surface area contributed by atoms with Gasteiger partial charge in [-0.15, -0.1) is 0 Å². The molecule has 0 aromatic heterocycles. The van der Waals surface area contributed by atoms with Crippen molar-refractivity contribution in [2.24, 2.45) is 0 Å². The molecule has 4 heteroatoms. The lowest BCUT2D eigenvalue weighted by Gasteiger charge is -1.79. The first-order chi connectivity index (χ1) is 4.00. The van der Waals surface area contributed by atoms with E-state index in [0.29, 0.717) is 0 Å². The zero-order chi connectivity index (χ0) is 7.86. The molecule has 0 rings (SSSR count). The minimum absolute atomic E-state index is 0.167. The smallest absolute Gasteiger partial charge is 0.450 e. The van der Waals surface area contributed by atoms with E-state index in [2.05, 4.69) is 4.74 Å². The second kappa shape index (κ2) is 6.94. The molecule has 0 unspecified atom stereocenters. The molecule has 4 nitrogen and oxygen atoms in total. The number of carboxylic acid groups (broad SMARTS) is 1. The third-order valence-electron chi connectivity index (χ3n) is 0.175. The van der Waals surface area contributed by atoms with Crippen LogP contribution in [0.15, 0.2) is 0 Å². The van der Waals surface area contributed by atoms with Crippen LogP contribution < -0.4 is 0 Å².